The van der Waals surface area contributed by atoms with Gasteiger partial charge in [0.05, 0.1) is 12.8 Å². The summed E-state index contributed by atoms with van der Waals surface area (Å²) in [6.45, 7) is 1.04. The summed E-state index contributed by atoms with van der Waals surface area (Å²) in [5.41, 5.74) is 0. The van der Waals surface area contributed by atoms with Crippen molar-refractivity contribution in [3.63, 3.8) is 0 Å². The van der Waals surface area contributed by atoms with Crippen molar-refractivity contribution in [2.75, 3.05) is 20.8 Å². The van der Waals surface area contributed by atoms with E-state index < -0.39 is 0 Å². The molecule has 0 amide bonds. The van der Waals surface area contributed by atoms with Crippen molar-refractivity contribution in [3.8, 4) is 0 Å². The molecule has 0 N–H and O–H groups in total. The number of nitrogens with zero attached hydrogens (tertiary/aromatic N) is 2. The molecule has 0 bridgehead atoms. The van der Waals surface area contributed by atoms with Crippen molar-refractivity contribution in [1.82, 2.24) is 9.80 Å². The predicted octanol–water partition coefficient (Wildman–Crippen LogP) is 1.23. The van der Waals surface area contributed by atoms with E-state index in [9.17, 15) is 0 Å². The van der Waals surface area contributed by atoms with E-state index in [0.29, 0.717) is 12.1 Å². The summed E-state index contributed by atoms with van der Waals surface area (Å²) < 4.78 is 5.36. The zero-order chi connectivity index (χ0) is 9.26. The zero-order valence-electron chi connectivity index (χ0n) is 8.44. The molecule has 13 heavy (non-hydrogen) atoms. The van der Waals surface area contributed by atoms with E-state index in [-0.39, 0.29) is 0 Å². The van der Waals surface area contributed by atoms with E-state index in [2.05, 4.69) is 29.2 Å². The molecule has 74 valence electrons. The lowest BCUT2D eigenvalue weighted by Gasteiger charge is -2.25. The van der Waals surface area contributed by atoms with Gasteiger partial charge in [-0.25, -0.2) is 0 Å². The molecule has 0 saturated heterocycles. The molecule has 0 aromatic carbocycles. The first kappa shape index (κ1) is 8.88. The monoisotopic (exact) mass is 182 g/mol. The minimum atomic E-state index is 0.490. The molecule has 3 heteroatoms. The van der Waals surface area contributed by atoms with Crippen LogP contribution in [0.1, 0.15) is 19.3 Å². The standard InChI is InChI=1S/C10H18N2O/c1-11-5-6-12(8-11)9-3-4-10(7-9)13-2/h5-6,9-10H,3-4,7-8H2,1-2H3. The Morgan fingerprint density at radius 2 is 2.15 bits per heavy atom. The van der Waals surface area contributed by atoms with Crippen LogP contribution in [0.4, 0.5) is 0 Å². The summed E-state index contributed by atoms with van der Waals surface area (Å²) in [6, 6.07) is 0.700. The molecular formula is C10H18N2O. The van der Waals surface area contributed by atoms with Crippen LogP contribution < -0.4 is 0 Å². The van der Waals surface area contributed by atoms with Crippen LogP contribution in [0.3, 0.4) is 0 Å². The molecule has 3 nitrogen and oxygen atoms in total. The Kier molecular flexibility index (Phi) is 2.44. The Labute approximate surface area is 80.0 Å². The number of methoxy groups -OCH3 is 1. The van der Waals surface area contributed by atoms with Crippen LogP contribution in [-0.4, -0.2) is 42.8 Å². The number of hydrogen-bond donors (Lipinski definition) is 0. The molecule has 2 rings (SSSR count). The Balaban J connectivity index is 1.86. The second-order valence-corrected chi connectivity index (χ2v) is 4.04. The Bertz CT molecular complexity index is 205. The van der Waals surface area contributed by atoms with Crippen molar-refractivity contribution in [2.24, 2.45) is 0 Å². The van der Waals surface area contributed by atoms with E-state index in [1.165, 1.54) is 19.3 Å². The molecule has 2 aliphatic rings. The molecule has 1 aliphatic heterocycles. The molecule has 0 aromatic heterocycles. The molecule has 2 unspecified atom stereocenters. The highest BCUT2D eigenvalue weighted by Crippen LogP contribution is 2.27. The molecule has 0 spiro atoms. The van der Waals surface area contributed by atoms with Gasteiger partial charge in [-0.05, 0) is 19.3 Å². The van der Waals surface area contributed by atoms with Gasteiger partial charge < -0.3 is 14.5 Å². The maximum absolute atomic E-state index is 5.36. The van der Waals surface area contributed by atoms with E-state index in [1.807, 2.05) is 7.11 Å². The Morgan fingerprint density at radius 1 is 1.31 bits per heavy atom. The van der Waals surface area contributed by atoms with Crippen molar-refractivity contribution >= 4 is 0 Å². The molecule has 1 saturated carbocycles. The second-order valence-electron chi connectivity index (χ2n) is 4.04. The summed E-state index contributed by atoms with van der Waals surface area (Å²) in [6.07, 6.45) is 8.51. The first-order valence-corrected chi connectivity index (χ1v) is 4.96. The van der Waals surface area contributed by atoms with Crippen LogP contribution >= 0.6 is 0 Å². The van der Waals surface area contributed by atoms with Gasteiger partial charge in [-0.3, -0.25) is 0 Å². The fraction of sp³-hybridized carbons (Fsp3) is 0.800. The van der Waals surface area contributed by atoms with E-state index in [0.717, 1.165) is 6.67 Å². The molecule has 1 aliphatic carbocycles. The lowest BCUT2D eigenvalue weighted by atomic mass is 10.2. The third-order valence-corrected chi connectivity index (χ3v) is 3.06. The van der Waals surface area contributed by atoms with Crippen LogP contribution in [0.15, 0.2) is 12.4 Å². The van der Waals surface area contributed by atoms with Crippen molar-refractivity contribution in [3.05, 3.63) is 12.4 Å². The largest absolute Gasteiger partial charge is 0.381 e. The molecular weight excluding hydrogens is 164 g/mol. The van der Waals surface area contributed by atoms with E-state index in [1.54, 1.807) is 0 Å². The van der Waals surface area contributed by atoms with Gasteiger partial charge in [0.1, 0.15) is 0 Å². The number of rotatable bonds is 2. The summed E-state index contributed by atoms with van der Waals surface area (Å²) in [5, 5.41) is 0. The second kappa shape index (κ2) is 3.58. The third-order valence-electron chi connectivity index (χ3n) is 3.06. The zero-order valence-corrected chi connectivity index (χ0v) is 8.44. The van der Waals surface area contributed by atoms with Crippen LogP contribution in [0.5, 0.6) is 0 Å². The van der Waals surface area contributed by atoms with Gasteiger partial charge in [0.15, 0.2) is 0 Å². The third kappa shape index (κ3) is 1.80. The van der Waals surface area contributed by atoms with Crippen LogP contribution in [-0.2, 0) is 4.74 Å². The lowest BCUT2D eigenvalue weighted by molar-refractivity contribution is 0.100. The van der Waals surface area contributed by atoms with Gasteiger partial charge in [-0.2, -0.15) is 0 Å². The molecule has 0 aromatic rings. The summed E-state index contributed by atoms with van der Waals surface area (Å²) in [7, 11) is 3.93. The molecule has 2 atom stereocenters. The average molecular weight is 182 g/mol. The molecule has 1 fully saturated rings. The van der Waals surface area contributed by atoms with Crippen molar-refractivity contribution in [2.45, 2.75) is 31.4 Å². The van der Waals surface area contributed by atoms with Crippen LogP contribution in [0, 0.1) is 0 Å². The highest BCUT2D eigenvalue weighted by Gasteiger charge is 2.29. The summed E-state index contributed by atoms with van der Waals surface area (Å²) >= 11 is 0. The Hall–Kier alpha value is -0.700. The first-order valence-electron chi connectivity index (χ1n) is 4.96. The smallest absolute Gasteiger partial charge is 0.0893 e. The first-order chi connectivity index (χ1) is 6.29. The topological polar surface area (TPSA) is 15.7 Å². The maximum Gasteiger partial charge on any atom is 0.0893 e. The van der Waals surface area contributed by atoms with Gasteiger partial charge in [0.25, 0.3) is 0 Å². The molecule has 1 heterocycles. The van der Waals surface area contributed by atoms with Gasteiger partial charge >= 0.3 is 0 Å². The predicted molar refractivity (Wildman–Crippen MR) is 52.0 cm³/mol. The van der Waals surface area contributed by atoms with Crippen LogP contribution in [0.2, 0.25) is 0 Å². The van der Waals surface area contributed by atoms with Gasteiger partial charge in [0.2, 0.25) is 0 Å². The van der Waals surface area contributed by atoms with Gasteiger partial charge in [-0.15, -0.1) is 0 Å². The maximum atomic E-state index is 5.36. The van der Waals surface area contributed by atoms with E-state index >= 15 is 0 Å². The van der Waals surface area contributed by atoms with E-state index in [4.69, 9.17) is 4.74 Å². The fourth-order valence-electron chi connectivity index (χ4n) is 2.22. The summed E-state index contributed by atoms with van der Waals surface area (Å²) in [4.78, 5) is 4.62. The lowest BCUT2D eigenvalue weighted by Crippen LogP contribution is -2.31. The van der Waals surface area contributed by atoms with Crippen LogP contribution in [0.25, 0.3) is 0 Å². The highest BCUT2D eigenvalue weighted by atomic mass is 16.5. The molecule has 0 radical (unpaired) electrons. The quantitative estimate of drug-likeness (QED) is 0.639. The minimum absolute atomic E-state index is 0.490. The SMILES string of the molecule is COC1CCC(N2C=CN(C)C2)C1. The summed E-state index contributed by atoms with van der Waals surface area (Å²) in [5.74, 6) is 0. The number of hydrogen-bond acceptors (Lipinski definition) is 3. The van der Waals surface area contributed by atoms with Gasteiger partial charge in [0, 0.05) is 32.6 Å². The highest BCUT2D eigenvalue weighted by molar-refractivity contribution is 4.95. The van der Waals surface area contributed by atoms with Crippen molar-refractivity contribution < 1.29 is 4.74 Å². The normalized spacial score (nSPS) is 33.4. The number of ether oxygens (including phenoxy) is 1. The van der Waals surface area contributed by atoms with Gasteiger partial charge in [-0.1, -0.05) is 0 Å². The van der Waals surface area contributed by atoms with Crippen molar-refractivity contribution in [1.29, 1.82) is 0 Å². The Morgan fingerprint density at radius 3 is 2.69 bits per heavy atom. The average Bonchev–Trinajstić information content (AvgIpc) is 2.71. The fourth-order valence-corrected chi connectivity index (χ4v) is 2.22. The minimum Gasteiger partial charge on any atom is -0.381 e.